The van der Waals surface area contributed by atoms with Crippen molar-refractivity contribution in [3.63, 3.8) is 0 Å². The van der Waals surface area contributed by atoms with E-state index in [1.54, 1.807) is 16.2 Å². The molecule has 2 heterocycles. The minimum atomic E-state index is -0.304. The Labute approximate surface area is 212 Å². The number of hydrogen-bond donors (Lipinski definition) is 1. The van der Waals surface area contributed by atoms with Crippen LogP contribution >= 0.6 is 27.3 Å². The van der Waals surface area contributed by atoms with Gasteiger partial charge in [-0.25, -0.2) is 4.79 Å². The molecule has 4 rings (SSSR count). The molecule has 0 saturated carbocycles. The zero-order valence-corrected chi connectivity index (χ0v) is 21.3. The highest BCUT2D eigenvalue weighted by Gasteiger charge is 2.27. The van der Waals surface area contributed by atoms with Gasteiger partial charge in [0.1, 0.15) is 6.54 Å². The quantitative estimate of drug-likeness (QED) is 0.375. The van der Waals surface area contributed by atoms with Crippen LogP contribution in [0.4, 0.5) is 10.5 Å². The number of anilines is 1. The van der Waals surface area contributed by atoms with E-state index in [9.17, 15) is 9.59 Å². The van der Waals surface area contributed by atoms with Crippen molar-refractivity contribution in [1.82, 2.24) is 9.80 Å². The summed E-state index contributed by atoms with van der Waals surface area (Å²) in [6.07, 6.45) is 1.81. The van der Waals surface area contributed by atoms with Gasteiger partial charge >= 0.3 is 6.03 Å². The molecule has 1 fully saturated rings. The number of hydrogen-bond acceptors (Lipinski definition) is 4. The number of ether oxygens (including phenoxy) is 1. The molecule has 0 spiro atoms. The summed E-state index contributed by atoms with van der Waals surface area (Å²) in [6, 6.07) is 21.0. The normalized spacial score (nSPS) is 15.1. The van der Waals surface area contributed by atoms with Crippen molar-refractivity contribution in [3.8, 4) is 0 Å². The average Bonchev–Trinajstić information content (AvgIpc) is 3.55. The van der Waals surface area contributed by atoms with Crippen molar-refractivity contribution >= 4 is 44.9 Å². The molecule has 2 aromatic carbocycles. The van der Waals surface area contributed by atoms with Gasteiger partial charge in [-0.2, -0.15) is 0 Å². The van der Waals surface area contributed by atoms with E-state index < -0.39 is 0 Å². The molecule has 34 heavy (non-hydrogen) atoms. The summed E-state index contributed by atoms with van der Waals surface area (Å²) in [5, 5.41) is 4.93. The maximum atomic E-state index is 13.5. The SMILES string of the molecule is O=C(CN(CC1CCCO1)C(=O)Nc1ccc(Br)cc1)N(Cc1ccccc1)Cc1cccs1. The van der Waals surface area contributed by atoms with Crippen molar-refractivity contribution in [2.45, 2.75) is 32.0 Å². The van der Waals surface area contributed by atoms with Gasteiger partial charge in [-0.3, -0.25) is 4.79 Å². The van der Waals surface area contributed by atoms with Gasteiger partial charge < -0.3 is 19.9 Å². The summed E-state index contributed by atoms with van der Waals surface area (Å²) in [4.78, 5) is 31.2. The van der Waals surface area contributed by atoms with E-state index in [-0.39, 0.29) is 24.6 Å². The van der Waals surface area contributed by atoms with Crippen LogP contribution < -0.4 is 5.32 Å². The molecule has 1 N–H and O–H groups in total. The molecular weight excluding hydrogens is 514 g/mol. The number of thiophene rings is 1. The smallest absolute Gasteiger partial charge is 0.322 e. The van der Waals surface area contributed by atoms with Crippen LogP contribution in [0.25, 0.3) is 0 Å². The highest BCUT2D eigenvalue weighted by atomic mass is 79.9. The van der Waals surface area contributed by atoms with E-state index in [0.717, 1.165) is 27.8 Å². The lowest BCUT2D eigenvalue weighted by molar-refractivity contribution is -0.133. The molecule has 8 heteroatoms. The predicted octanol–water partition coefficient (Wildman–Crippen LogP) is 5.75. The van der Waals surface area contributed by atoms with Gasteiger partial charge in [0.15, 0.2) is 0 Å². The second kappa shape index (κ2) is 12.1. The minimum absolute atomic E-state index is 0.0135. The molecule has 178 valence electrons. The van der Waals surface area contributed by atoms with Crippen LogP contribution in [-0.2, 0) is 22.6 Å². The first-order chi connectivity index (χ1) is 16.6. The van der Waals surface area contributed by atoms with Crippen LogP contribution in [0.3, 0.4) is 0 Å². The van der Waals surface area contributed by atoms with Crippen LogP contribution in [0.5, 0.6) is 0 Å². The molecule has 1 unspecified atom stereocenters. The van der Waals surface area contributed by atoms with Gasteiger partial charge in [-0.15, -0.1) is 11.3 Å². The zero-order chi connectivity index (χ0) is 23.8. The van der Waals surface area contributed by atoms with Crippen molar-refractivity contribution in [1.29, 1.82) is 0 Å². The zero-order valence-electron chi connectivity index (χ0n) is 18.9. The van der Waals surface area contributed by atoms with Crippen molar-refractivity contribution in [2.24, 2.45) is 0 Å². The van der Waals surface area contributed by atoms with Crippen LogP contribution in [0.15, 0.2) is 76.6 Å². The Hall–Kier alpha value is -2.68. The van der Waals surface area contributed by atoms with E-state index in [0.29, 0.717) is 31.9 Å². The average molecular weight is 542 g/mol. The third-order valence-corrected chi connectivity index (χ3v) is 7.04. The van der Waals surface area contributed by atoms with Gasteiger partial charge in [-0.05, 0) is 54.1 Å². The molecule has 1 atom stereocenters. The number of urea groups is 1. The summed E-state index contributed by atoms with van der Waals surface area (Å²) in [5.74, 6) is -0.0961. The monoisotopic (exact) mass is 541 g/mol. The third kappa shape index (κ3) is 7.16. The second-order valence-electron chi connectivity index (χ2n) is 8.27. The third-order valence-electron chi connectivity index (χ3n) is 5.65. The topological polar surface area (TPSA) is 61.9 Å². The lowest BCUT2D eigenvalue weighted by atomic mass is 10.2. The molecular formula is C26H28BrN3O3S. The number of carbonyl (C=O) groups is 2. The Kier molecular flexibility index (Phi) is 8.73. The van der Waals surface area contributed by atoms with Crippen LogP contribution in [0.1, 0.15) is 23.3 Å². The van der Waals surface area contributed by atoms with E-state index in [2.05, 4.69) is 21.2 Å². The van der Waals surface area contributed by atoms with Crippen LogP contribution in [0, 0.1) is 0 Å². The molecule has 1 aromatic heterocycles. The largest absolute Gasteiger partial charge is 0.376 e. The standard InChI is InChI=1S/C26H28BrN3O3S/c27-21-10-12-22(13-11-21)28-26(32)30(17-23-8-4-14-33-23)19-25(31)29(18-24-9-5-15-34-24)16-20-6-2-1-3-7-20/h1-3,5-7,9-13,15,23H,4,8,14,16-19H2,(H,28,32). The first kappa shape index (κ1) is 24.4. The molecule has 1 saturated heterocycles. The number of rotatable bonds is 9. The molecule has 3 amide bonds. The number of nitrogens with one attached hydrogen (secondary N) is 1. The van der Waals surface area contributed by atoms with Gasteiger partial charge in [0, 0.05) is 34.7 Å². The van der Waals surface area contributed by atoms with Gasteiger partial charge in [0.05, 0.1) is 12.6 Å². The summed E-state index contributed by atoms with van der Waals surface area (Å²) in [5.41, 5.74) is 1.73. The first-order valence-electron chi connectivity index (χ1n) is 11.3. The molecule has 1 aliphatic rings. The first-order valence-corrected chi connectivity index (χ1v) is 13.0. The molecule has 6 nitrogen and oxygen atoms in total. The summed E-state index contributed by atoms with van der Waals surface area (Å²) in [6.45, 7) is 2.05. The highest BCUT2D eigenvalue weighted by molar-refractivity contribution is 9.10. The van der Waals surface area contributed by atoms with Crippen LogP contribution in [-0.4, -0.2) is 47.5 Å². The van der Waals surface area contributed by atoms with Crippen LogP contribution in [0.2, 0.25) is 0 Å². The second-order valence-corrected chi connectivity index (χ2v) is 10.2. The van der Waals surface area contributed by atoms with Gasteiger partial charge in [-0.1, -0.05) is 52.3 Å². The summed E-state index contributed by atoms with van der Waals surface area (Å²) < 4.78 is 6.70. The maximum absolute atomic E-state index is 13.5. The lowest BCUT2D eigenvalue weighted by Gasteiger charge is -2.29. The number of amides is 3. The van der Waals surface area contributed by atoms with Crippen molar-refractivity contribution in [2.75, 3.05) is 25.0 Å². The van der Waals surface area contributed by atoms with Crippen molar-refractivity contribution in [3.05, 3.63) is 87.0 Å². The van der Waals surface area contributed by atoms with E-state index in [4.69, 9.17) is 4.74 Å². The molecule has 0 bridgehead atoms. The maximum Gasteiger partial charge on any atom is 0.322 e. The van der Waals surface area contributed by atoms with E-state index >= 15 is 0 Å². The predicted molar refractivity (Wildman–Crippen MR) is 139 cm³/mol. The van der Waals surface area contributed by atoms with Gasteiger partial charge in [0.2, 0.25) is 5.91 Å². The highest BCUT2D eigenvalue weighted by Crippen LogP contribution is 2.19. The molecule has 0 radical (unpaired) electrons. The van der Waals surface area contributed by atoms with Crippen molar-refractivity contribution < 1.29 is 14.3 Å². The Morgan fingerprint density at radius 1 is 1.00 bits per heavy atom. The molecule has 0 aliphatic carbocycles. The molecule has 1 aliphatic heterocycles. The summed E-state index contributed by atoms with van der Waals surface area (Å²) in [7, 11) is 0. The number of benzene rings is 2. The molecule has 3 aromatic rings. The van der Waals surface area contributed by atoms with Gasteiger partial charge in [0.25, 0.3) is 0 Å². The Bertz CT molecular complexity index is 1050. The fourth-order valence-corrected chi connectivity index (χ4v) is 4.86. The number of nitrogens with zero attached hydrogens (tertiary/aromatic N) is 2. The Morgan fingerprint density at radius 3 is 2.47 bits per heavy atom. The number of halogens is 1. The fourth-order valence-electron chi connectivity index (χ4n) is 3.88. The Balaban J connectivity index is 1.49. The Morgan fingerprint density at radius 2 is 1.79 bits per heavy atom. The summed E-state index contributed by atoms with van der Waals surface area (Å²) >= 11 is 5.03. The van der Waals surface area contributed by atoms with E-state index in [1.807, 2.05) is 77.0 Å². The minimum Gasteiger partial charge on any atom is -0.376 e. The fraction of sp³-hybridized carbons (Fsp3) is 0.308. The number of carbonyl (C=O) groups excluding carboxylic acids is 2. The van der Waals surface area contributed by atoms with E-state index in [1.165, 1.54) is 0 Å². The lowest BCUT2D eigenvalue weighted by Crippen LogP contribution is -2.46.